The van der Waals surface area contributed by atoms with E-state index in [1.54, 1.807) is 0 Å². The first kappa shape index (κ1) is 77.2. The van der Waals surface area contributed by atoms with E-state index in [4.69, 9.17) is 9.05 Å². The highest BCUT2D eigenvalue weighted by atomic mass is 31.2. The maximum Gasteiger partial charge on any atom is 0.472 e. The lowest BCUT2D eigenvalue weighted by Gasteiger charge is -2.26. The largest absolute Gasteiger partial charge is 0.472 e. The third-order valence-electron chi connectivity index (χ3n) is 14.5. The van der Waals surface area contributed by atoms with Crippen LogP contribution >= 0.6 is 7.82 Å². The van der Waals surface area contributed by atoms with Crippen molar-refractivity contribution in [1.29, 1.82) is 0 Å². The zero-order chi connectivity index (χ0) is 58.4. The molecule has 9 heteroatoms. The predicted molar refractivity (Wildman–Crippen MR) is 350 cm³/mol. The zero-order valence-electron chi connectivity index (χ0n) is 52.8. The summed E-state index contributed by atoms with van der Waals surface area (Å²) in [5.41, 5.74) is 0. The lowest BCUT2D eigenvalue weighted by molar-refractivity contribution is -0.870. The minimum absolute atomic E-state index is 0.0715. The number of aliphatic hydroxyl groups excluding tert-OH is 1. The number of allylic oxidation sites excluding steroid dienone is 18. The van der Waals surface area contributed by atoms with E-state index < -0.39 is 20.0 Å². The van der Waals surface area contributed by atoms with Crippen LogP contribution < -0.4 is 5.32 Å². The van der Waals surface area contributed by atoms with Crippen molar-refractivity contribution in [3.05, 3.63) is 109 Å². The van der Waals surface area contributed by atoms with Crippen LogP contribution in [0.4, 0.5) is 0 Å². The van der Waals surface area contributed by atoms with Gasteiger partial charge in [-0.05, 0) is 83.5 Å². The molecular formula is C71H128N2O6P+. The highest BCUT2D eigenvalue weighted by Gasteiger charge is 2.28. The van der Waals surface area contributed by atoms with Gasteiger partial charge in [-0.1, -0.05) is 303 Å². The van der Waals surface area contributed by atoms with E-state index in [-0.39, 0.29) is 19.1 Å². The van der Waals surface area contributed by atoms with E-state index in [0.29, 0.717) is 23.9 Å². The molecule has 0 saturated carbocycles. The number of hydrogen-bond donors (Lipinski definition) is 3. The molecule has 0 aromatic carbocycles. The molecule has 0 bridgehead atoms. The smallest absolute Gasteiger partial charge is 0.391 e. The predicted octanol–water partition coefficient (Wildman–Crippen LogP) is 21.1. The number of rotatable bonds is 60. The summed E-state index contributed by atoms with van der Waals surface area (Å²) in [4.78, 5) is 23.4. The summed E-state index contributed by atoms with van der Waals surface area (Å²) in [5.74, 6) is -0.147. The van der Waals surface area contributed by atoms with Gasteiger partial charge >= 0.3 is 7.82 Å². The van der Waals surface area contributed by atoms with Crippen molar-refractivity contribution in [3.8, 4) is 0 Å². The Hall–Kier alpha value is -2.84. The molecule has 0 aliphatic heterocycles. The summed E-state index contributed by atoms with van der Waals surface area (Å²) in [7, 11) is 1.61. The Balaban J connectivity index is 4.02. The first-order valence-electron chi connectivity index (χ1n) is 33.3. The van der Waals surface area contributed by atoms with Crippen LogP contribution in [0.25, 0.3) is 0 Å². The van der Waals surface area contributed by atoms with E-state index in [1.807, 2.05) is 21.1 Å². The molecule has 0 spiro atoms. The molecule has 1 amide bonds. The van der Waals surface area contributed by atoms with Gasteiger partial charge in [0.2, 0.25) is 5.91 Å². The monoisotopic (exact) mass is 1140 g/mol. The highest BCUT2D eigenvalue weighted by Crippen LogP contribution is 2.43. The van der Waals surface area contributed by atoms with Gasteiger partial charge in [-0.25, -0.2) is 4.57 Å². The molecule has 3 N–H and O–H groups in total. The second kappa shape index (κ2) is 60.7. The van der Waals surface area contributed by atoms with Crippen molar-refractivity contribution >= 4 is 13.7 Å². The third kappa shape index (κ3) is 62.8. The normalized spacial score (nSPS) is 14.4. The van der Waals surface area contributed by atoms with Crippen LogP contribution in [0.2, 0.25) is 0 Å². The van der Waals surface area contributed by atoms with Crippen molar-refractivity contribution in [2.24, 2.45) is 0 Å². The fourth-order valence-electron chi connectivity index (χ4n) is 9.39. The van der Waals surface area contributed by atoms with Gasteiger partial charge in [0.25, 0.3) is 0 Å². The van der Waals surface area contributed by atoms with E-state index in [2.05, 4.69) is 129 Å². The van der Waals surface area contributed by atoms with Crippen LogP contribution in [-0.2, 0) is 18.4 Å². The summed E-state index contributed by atoms with van der Waals surface area (Å²) in [6.45, 7) is 4.79. The van der Waals surface area contributed by atoms with Gasteiger partial charge in [-0.15, -0.1) is 0 Å². The van der Waals surface area contributed by atoms with E-state index in [0.717, 1.165) is 96.3 Å². The molecule has 0 fully saturated rings. The van der Waals surface area contributed by atoms with Crippen LogP contribution in [-0.4, -0.2) is 73.4 Å². The number of likely N-dealkylation sites (N-methyl/N-ethyl adjacent to an activating group) is 1. The second-order valence-electron chi connectivity index (χ2n) is 23.5. The van der Waals surface area contributed by atoms with Crippen LogP contribution in [0.15, 0.2) is 109 Å². The van der Waals surface area contributed by atoms with E-state index >= 15 is 0 Å². The van der Waals surface area contributed by atoms with Gasteiger partial charge in [0, 0.05) is 6.42 Å². The van der Waals surface area contributed by atoms with Gasteiger partial charge < -0.3 is 19.8 Å². The van der Waals surface area contributed by atoms with Crippen LogP contribution in [0.5, 0.6) is 0 Å². The van der Waals surface area contributed by atoms with E-state index in [9.17, 15) is 19.4 Å². The van der Waals surface area contributed by atoms with Crippen LogP contribution in [0, 0.1) is 0 Å². The SMILES string of the molecule is CC/C=C\C/C=C\C/C=C\C/C=C\C/C=C\C/C=C\C/C=C\C/C=C\C/C=C\CCCCCCCCCCCCCCCC(=O)NC(COP(=O)(O)OCC[N+](C)(C)C)C(O)CCCCCCCCCCCCCCCCCCC. The standard InChI is InChI=1S/C71H127N2O6P/c1-6-8-10-12-14-16-18-20-22-24-25-26-27-28-29-30-31-32-33-34-35-36-37-38-39-40-41-42-43-44-45-46-47-49-51-53-55-57-59-61-63-65-71(75)72-69(68-79-80(76,77)78-67-66-73(3,4)5)70(74)64-62-60-58-56-54-52-50-48-23-21-19-17-15-13-11-9-7-2/h8,10,14,16,20,22,25-26,28-29,31-32,34-35,37-38,40-41,69-70,74H,6-7,9,11-13,15,17-19,21,23-24,27,30,33,36,39,42-68H2,1-5H3,(H-,72,75,76,77)/p+1/b10-8-,16-14-,22-20-,26-25-,29-28-,32-31-,35-34-,38-37-,41-40-. The molecule has 0 aromatic rings. The molecule has 80 heavy (non-hydrogen) atoms. The molecule has 0 saturated heterocycles. The van der Waals surface area contributed by atoms with Crippen molar-refractivity contribution in [2.45, 2.75) is 296 Å². The van der Waals surface area contributed by atoms with Crippen LogP contribution in [0.3, 0.4) is 0 Å². The average molecular weight is 1140 g/mol. The molecule has 0 aromatic heterocycles. The molecule has 0 heterocycles. The van der Waals surface area contributed by atoms with Crippen LogP contribution in [0.1, 0.15) is 284 Å². The van der Waals surface area contributed by atoms with Gasteiger partial charge in [0.05, 0.1) is 39.9 Å². The highest BCUT2D eigenvalue weighted by molar-refractivity contribution is 7.47. The molecule has 0 radical (unpaired) electrons. The topological polar surface area (TPSA) is 105 Å². The summed E-state index contributed by atoms with van der Waals surface area (Å²) in [6.07, 6.45) is 88.8. The maximum absolute atomic E-state index is 13.0. The Morgan fingerprint density at radius 2 is 0.750 bits per heavy atom. The number of nitrogens with zero attached hydrogens (tertiary/aromatic N) is 1. The molecule has 0 rings (SSSR count). The Labute approximate surface area is 495 Å². The number of amides is 1. The number of hydrogen-bond acceptors (Lipinski definition) is 5. The van der Waals surface area contributed by atoms with Crippen molar-refractivity contribution in [3.63, 3.8) is 0 Å². The van der Waals surface area contributed by atoms with Gasteiger partial charge in [-0.2, -0.15) is 0 Å². The summed E-state index contributed by atoms with van der Waals surface area (Å²) in [5, 5.41) is 14.1. The average Bonchev–Trinajstić information content (AvgIpc) is 3.42. The minimum Gasteiger partial charge on any atom is -0.391 e. The lowest BCUT2D eigenvalue weighted by Crippen LogP contribution is -2.46. The summed E-state index contributed by atoms with van der Waals surface area (Å²) >= 11 is 0. The number of unbranched alkanes of at least 4 members (excludes halogenated alkanes) is 29. The molecule has 462 valence electrons. The molecule has 3 atom stereocenters. The van der Waals surface area contributed by atoms with E-state index in [1.165, 1.54) is 161 Å². The maximum atomic E-state index is 13.0. The van der Waals surface area contributed by atoms with Gasteiger partial charge in [0.1, 0.15) is 13.2 Å². The summed E-state index contributed by atoms with van der Waals surface area (Å²) in [6, 6.07) is -0.767. The Morgan fingerprint density at radius 1 is 0.438 bits per heavy atom. The quantitative estimate of drug-likeness (QED) is 0.0243. The number of quaternary nitrogens is 1. The third-order valence-corrected chi connectivity index (χ3v) is 15.5. The Morgan fingerprint density at radius 3 is 1.10 bits per heavy atom. The van der Waals surface area contributed by atoms with Crippen molar-refractivity contribution < 1.29 is 32.9 Å². The van der Waals surface area contributed by atoms with Gasteiger partial charge in [-0.3, -0.25) is 13.8 Å². The molecule has 3 unspecified atom stereocenters. The lowest BCUT2D eigenvalue weighted by atomic mass is 10.0. The van der Waals surface area contributed by atoms with Crippen molar-refractivity contribution in [1.82, 2.24) is 5.32 Å². The fourth-order valence-corrected chi connectivity index (χ4v) is 10.1. The first-order valence-corrected chi connectivity index (χ1v) is 34.7. The number of phosphoric ester groups is 1. The number of carbonyl (C=O) groups is 1. The number of nitrogens with one attached hydrogen (secondary N) is 1. The number of aliphatic hydroxyl groups is 1. The van der Waals surface area contributed by atoms with Gasteiger partial charge in [0.15, 0.2) is 0 Å². The summed E-state index contributed by atoms with van der Waals surface area (Å²) < 4.78 is 23.8. The second-order valence-corrected chi connectivity index (χ2v) is 24.9. The van der Waals surface area contributed by atoms with Crippen molar-refractivity contribution in [2.75, 3.05) is 40.9 Å². The molecule has 8 nitrogen and oxygen atoms in total. The first-order chi connectivity index (χ1) is 39.0. The Bertz CT molecular complexity index is 1670. The number of carbonyl (C=O) groups excluding carboxylic acids is 1. The fraction of sp³-hybridized carbons (Fsp3) is 0.732. The molecule has 0 aliphatic carbocycles. The zero-order valence-corrected chi connectivity index (χ0v) is 53.7. The molecular weight excluding hydrogens is 1010 g/mol. The molecule has 0 aliphatic rings. The number of phosphoric acid groups is 1. The minimum atomic E-state index is -4.33. The Kier molecular flexibility index (Phi) is 58.6.